The Morgan fingerprint density at radius 1 is 1.16 bits per heavy atom. The van der Waals surface area contributed by atoms with Crippen LogP contribution in [0.15, 0.2) is 48.7 Å². The van der Waals surface area contributed by atoms with E-state index in [0.29, 0.717) is 6.54 Å². The van der Waals surface area contributed by atoms with Crippen LogP contribution in [0.2, 0.25) is 0 Å². The second-order valence-corrected chi connectivity index (χ2v) is 5.81. The van der Waals surface area contributed by atoms with E-state index in [1.54, 1.807) is 18.0 Å². The van der Waals surface area contributed by atoms with Crippen molar-refractivity contribution in [3.8, 4) is 11.4 Å². The molecule has 0 fully saturated rings. The molecule has 0 aliphatic heterocycles. The van der Waals surface area contributed by atoms with Gasteiger partial charge in [0, 0.05) is 12.1 Å². The molecule has 1 N–H and O–H groups in total. The molecule has 0 aliphatic carbocycles. The molecule has 1 amide bonds. The number of nitrogens with one attached hydrogen (secondary N) is 1. The fourth-order valence-corrected chi connectivity index (χ4v) is 2.48. The summed E-state index contributed by atoms with van der Waals surface area (Å²) in [5.74, 6) is 0.461. The average Bonchev–Trinajstić information content (AvgIpc) is 3.12. The zero-order valence-electron chi connectivity index (χ0n) is 14.5. The van der Waals surface area contributed by atoms with Gasteiger partial charge in [-0.2, -0.15) is 0 Å². The van der Waals surface area contributed by atoms with Gasteiger partial charge in [-0.05, 0) is 43.2 Å². The third-order valence-corrected chi connectivity index (χ3v) is 4.11. The molecule has 6 nitrogen and oxygen atoms in total. The number of carbonyl (C=O) groups is 1. The largest absolute Gasteiger partial charge is 0.496 e. The third-order valence-electron chi connectivity index (χ3n) is 4.11. The molecule has 0 aliphatic rings. The third kappa shape index (κ3) is 3.68. The van der Waals surface area contributed by atoms with E-state index in [1.165, 1.54) is 5.56 Å². The highest BCUT2D eigenvalue weighted by atomic mass is 16.5. The van der Waals surface area contributed by atoms with E-state index >= 15 is 0 Å². The van der Waals surface area contributed by atoms with Crippen molar-refractivity contribution in [2.45, 2.75) is 20.4 Å². The number of hydrogen-bond acceptors (Lipinski definition) is 4. The van der Waals surface area contributed by atoms with Gasteiger partial charge >= 0.3 is 0 Å². The molecule has 1 aromatic heterocycles. The number of rotatable bonds is 5. The van der Waals surface area contributed by atoms with Crippen LogP contribution in [0.4, 0.5) is 0 Å². The molecule has 0 saturated heterocycles. The van der Waals surface area contributed by atoms with Gasteiger partial charge in [0.2, 0.25) is 0 Å². The molecule has 0 unspecified atom stereocenters. The van der Waals surface area contributed by atoms with Gasteiger partial charge in [0.1, 0.15) is 5.75 Å². The highest BCUT2D eigenvalue weighted by Gasteiger charge is 2.12. The highest BCUT2D eigenvalue weighted by molar-refractivity contribution is 5.91. The Labute approximate surface area is 146 Å². The molecule has 0 saturated carbocycles. The molecule has 128 valence electrons. The molecule has 0 spiro atoms. The smallest absolute Gasteiger partial charge is 0.273 e. The first-order chi connectivity index (χ1) is 12.1. The highest BCUT2D eigenvalue weighted by Crippen LogP contribution is 2.17. The van der Waals surface area contributed by atoms with Crippen LogP contribution in [0.5, 0.6) is 5.75 Å². The van der Waals surface area contributed by atoms with Gasteiger partial charge in [-0.25, -0.2) is 4.68 Å². The van der Waals surface area contributed by atoms with E-state index in [1.807, 2.05) is 49.4 Å². The summed E-state index contributed by atoms with van der Waals surface area (Å²) < 4.78 is 6.88. The maximum absolute atomic E-state index is 12.3. The molecule has 3 aromatic rings. The maximum Gasteiger partial charge on any atom is 0.273 e. The summed E-state index contributed by atoms with van der Waals surface area (Å²) >= 11 is 0. The van der Waals surface area contributed by atoms with Gasteiger partial charge in [0.05, 0.1) is 19.0 Å². The second-order valence-electron chi connectivity index (χ2n) is 5.81. The minimum absolute atomic E-state index is 0.271. The van der Waals surface area contributed by atoms with Gasteiger partial charge < -0.3 is 10.1 Å². The van der Waals surface area contributed by atoms with Crippen LogP contribution in [-0.4, -0.2) is 28.0 Å². The predicted molar refractivity (Wildman–Crippen MR) is 95.0 cm³/mol. The lowest BCUT2D eigenvalue weighted by Gasteiger charge is -2.08. The first-order valence-corrected chi connectivity index (χ1v) is 7.98. The lowest BCUT2D eigenvalue weighted by molar-refractivity contribution is 0.0945. The van der Waals surface area contributed by atoms with E-state index < -0.39 is 0 Å². The second kappa shape index (κ2) is 7.17. The van der Waals surface area contributed by atoms with E-state index in [4.69, 9.17) is 4.74 Å². The molecule has 6 heteroatoms. The zero-order valence-corrected chi connectivity index (χ0v) is 14.5. The van der Waals surface area contributed by atoms with Crippen LogP contribution in [0.25, 0.3) is 5.69 Å². The molecule has 0 bridgehead atoms. The van der Waals surface area contributed by atoms with Crippen LogP contribution in [-0.2, 0) is 6.54 Å². The summed E-state index contributed by atoms with van der Waals surface area (Å²) in [4.78, 5) is 12.3. The van der Waals surface area contributed by atoms with Crippen molar-refractivity contribution in [1.29, 1.82) is 0 Å². The number of aromatic nitrogens is 3. The Morgan fingerprint density at radius 3 is 2.72 bits per heavy atom. The molecule has 25 heavy (non-hydrogen) atoms. The fourth-order valence-electron chi connectivity index (χ4n) is 2.48. The van der Waals surface area contributed by atoms with Crippen LogP contribution in [0.1, 0.15) is 27.2 Å². The van der Waals surface area contributed by atoms with Gasteiger partial charge in [0.15, 0.2) is 5.69 Å². The van der Waals surface area contributed by atoms with Crippen molar-refractivity contribution in [2.75, 3.05) is 7.11 Å². The number of hydrogen-bond donors (Lipinski definition) is 1. The number of benzene rings is 2. The summed E-state index contributed by atoms with van der Waals surface area (Å²) in [7, 11) is 1.61. The average molecular weight is 336 g/mol. The lowest BCUT2D eigenvalue weighted by Crippen LogP contribution is -2.23. The number of amides is 1. The van der Waals surface area contributed by atoms with E-state index in [0.717, 1.165) is 22.6 Å². The topological polar surface area (TPSA) is 69.0 Å². The van der Waals surface area contributed by atoms with Crippen molar-refractivity contribution in [1.82, 2.24) is 20.3 Å². The van der Waals surface area contributed by atoms with Gasteiger partial charge in [-0.1, -0.05) is 29.5 Å². The first kappa shape index (κ1) is 16.7. The van der Waals surface area contributed by atoms with E-state index in [-0.39, 0.29) is 11.6 Å². The lowest BCUT2D eigenvalue weighted by atomic mass is 10.1. The number of carbonyl (C=O) groups excluding carboxylic acids is 1. The van der Waals surface area contributed by atoms with Crippen molar-refractivity contribution < 1.29 is 9.53 Å². The SMILES string of the molecule is COc1ccccc1CNC(=O)c1cn(-c2ccc(C)c(C)c2)nn1. The fraction of sp³-hybridized carbons (Fsp3) is 0.211. The normalized spacial score (nSPS) is 10.5. The van der Waals surface area contributed by atoms with Crippen molar-refractivity contribution in [2.24, 2.45) is 0 Å². The molecule has 0 atom stereocenters. The number of methoxy groups -OCH3 is 1. The van der Waals surface area contributed by atoms with Gasteiger partial charge in [-0.3, -0.25) is 4.79 Å². The molecule has 2 aromatic carbocycles. The Kier molecular flexibility index (Phi) is 4.79. The van der Waals surface area contributed by atoms with Crippen molar-refractivity contribution >= 4 is 5.91 Å². The maximum atomic E-state index is 12.3. The van der Waals surface area contributed by atoms with E-state index in [2.05, 4.69) is 22.6 Å². The number of nitrogens with zero attached hydrogens (tertiary/aromatic N) is 3. The molecular weight excluding hydrogens is 316 g/mol. The van der Waals surface area contributed by atoms with Gasteiger partial charge in [0.25, 0.3) is 5.91 Å². The first-order valence-electron chi connectivity index (χ1n) is 7.98. The number of ether oxygens (including phenoxy) is 1. The Balaban J connectivity index is 1.71. The molecule has 3 rings (SSSR count). The molecule has 1 heterocycles. The van der Waals surface area contributed by atoms with Crippen molar-refractivity contribution in [3.05, 3.63) is 71.0 Å². The summed E-state index contributed by atoms with van der Waals surface area (Å²) in [5.41, 5.74) is 4.42. The summed E-state index contributed by atoms with van der Waals surface area (Å²) in [6.07, 6.45) is 1.63. The standard InChI is InChI=1S/C19H20N4O2/c1-13-8-9-16(10-14(13)2)23-12-17(21-22-23)19(24)20-11-15-6-4-5-7-18(15)25-3/h4-10,12H,11H2,1-3H3,(H,20,24). The van der Waals surface area contributed by atoms with E-state index in [9.17, 15) is 4.79 Å². The molecule has 0 radical (unpaired) electrons. The number of aryl methyl sites for hydroxylation is 2. The van der Waals surface area contributed by atoms with Crippen LogP contribution < -0.4 is 10.1 Å². The van der Waals surface area contributed by atoms with Crippen LogP contribution in [0, 0.1) is 13.8 Å². The van der Waals surface area contributed by atoms with Crippen molar-refractivity contribution in [3.63, 3.8) is 0 Å². The summed E-state index contributed by atoms with van der Waals surface area (Å²) in [5, 5.41) is 10.9. The van der Waals surface area contributed by atoms with Gasteiger partial charge in [-0.15, -0.1) is 5.10 Å². The summed E-state index contributed by atoms with van der Waals surface area (Å²) in [6.45, 7) is 4.45. The Hall–Kier alpha value is -3.15. The minimum Gasteiger partial charge on any atom is -0.496 e. The van der Waals surface area contributed by atoms with Crippen LogP contribution in [0.3, 0.4) is 0 Å². The number of para-hydroxylation sites is 1. The quantitative estimate of drug-likeness (QED) is 0.778. The van der Waals surface area contributed by atoms with Crippen LogP contribution >= 0.6 is 0 Å². The Morgan fingerprint density at radius 2 is 1.96 bits per heavy atom. The zero-order chi connectivity index (χ0) is 17.8. The Bertz CT molecular complexity index is 902. The molecular formula is C19H20N4O2. The monoisotopic (exact) mass is 336 g/mol. The minimum atomic E-state index is -0.277. The summed E-state index contributed by atoms with van der Waals surface area (Å²) in [6, 6.07) is 13.5. The predicted octanol–water partition coefficient (Wildman–Crippen LogP) is 2.82.